The number of rotatable bonds is 10. The van der Waals surface area contributed by atoms with E-state index in [4.69, 9.17) is 0 Å². The summed E-state index contributed by atoms with van der Waals surface area (Å²) in [7, 11) is 0. The predicted molar refractivity (Wildman–Crippen MR) is 148 cm³/mol. The highest BCUT2D eigenvalue weighted by Crippen LogP contribution is 2.67. The fourth-order valence-corrected chi connectivity index (χ4v) is 8.99. The standard InChI is InChI=1S/C30H37N3O4S/c1-3-10-19(2)32-28(36)26-30-16-15-23(38-30)24(27(35)31-17-20-11-6-4-7-12-20)25(30)29(37)33(26)22(18-34)21-13-8-5-9-14-21/h4-9,11-14,19,22-26,34H,3,10,15-18H2,1-2H3,(H,31,35)(H,32,36)/t19?,22-,23+,24-,25+,26?,30?/m1/s1. The first kappa shape index (κ1) is 26.8. The largest absolute Gasteiger partial charge is 0.394 e. The molecule has 2 aromatic rings. The van der Waals surface area contributed by atoms with Crippen LogP contribution in [0.1, 0.15) is 56.7 Å². The van der Waals surface area contributed by atoms with Gasteiger partial charge in [0.1, 0.15) is 6.04 Å². The fraction of sp³-hybridized carbons (Fsp3) is 0.500. The molecule has 3 aliphatic heterocycles. The van der Waals surface area contributed by atoms with Gasteiger partial charge in [0.05, 0.1) is 29.2 Å². The Kier molecular flexibility index (Phi) is 7.82. The molecule has 202 valence electrons. The van der Waals surface area contributed by atoms with Gasteiger partial charge in [-0.25, -0.2) is 0 Å². The van der Waals surface area contributed by atoms with Gasteiger partial charge in [-0.05, 0) is 37.3 Å². The lowest BCUT2D eigenvalue weighted by Gasteiger charge is -2.37. The minimum absolute atomic E-state index is 0.00506. The van der Waals surface area contributed by atoms with Crippen molar-refractivity contribution in [1.82, 2.24) is 15.5 Å². The molecule has 8 heteroatoms. The first-order chi connectivity index (χ1) is 18.4. The van der Waals surface area contributed by atoms with Crippen LogP contribution in [0.4, 0.5) is 0 Å². The maximum absolute atomic E-state index is 14.3. The molecule has 38 heavy (non-hydrogen) atoms. The predicted octanol–water partition coefficient (Wildman–Crippen LogP) is 3.43. The van der Waals surface area contributed by atoms with Gasteiger partial charge in [-0.3, -0.25) is 14.4 Å². The highest BCUT2D eigenvalue weighted by Gasteiger charge is 2.74. The first-order valence-corrected chi connectivity index (χ1v) is 14.6. The zero-order valence-corrected chi connectivity index (χ0v) is 22.8. The van der Waals surface area contributed by atoms with Crippen molar-refractivity contribution in [3.05, 3.63) is 71.8 Å². The van der Waals surface area contributed by atoms with E-state index < -0.39 is 28.7 Å². The summed E-state index contributed by atoms with van der Waals surface area (Å²) in [6.45, 7) is 4.16. The molecule has 0 aliphatic carbocycles. The Labute approximate surface area is 228 Å². The van der Waals surface area contributed by atoms with Crippen molar-refractivity contribution >= 4 is 29.5 Å². The first-order valence-electron chi connectivity index (χ1n) is 13.7. The highest BCUT2D eigenvalue weighted by atomic mass is 32.2. The van der Waals surface area contributed by atoms with Crippen molar-refractivity contribution in [3.63, 3.8) is 0 Å². The molecule has 3 amide bonds. The van der Waals surface area contributed by atoms with Gasteiger partial charge >= 0.3 is 0 Å². The molecule has 7 atom stereocenters. The third-order valence-corrected chi connectivity index (χ3v) is 10.4. The van der Waals surface area contributed by atoms with Gasteiger partial charge < -0.3 is 20.6 Å². The number of amides is 3. The Hall–Kier alpha value is -2.84. The zero-order valence-electron chi connectivity index (χ0n) is 22.0. The second-order valence-electron chi connectivity index (χ2n) is 10.8. The van der Waals surface area contributed by atoms with E-state index in [0.717, 1.165) is 30.4 Å². The van der Waals surface area contributed by atoms with E-state index in [1.165, 1.54) is 0 Å². The van der Waals surface area contributed by atoms with Crippen LogP contribution in [0.5, 0.6) is 0 Å². The Morgan fingerprint density at radius 2 is 1.79 bits per heavy atom. The number of aliphatic hydroxyl groups excluding tert-OH is 1. The minimum Gasteiger partial charge on any atom is -0.394 e. The quantitative estimate of drug-likeness (QED) is 0.433. The minimum atomic E-state index is -0.751. The zero-order chi connectivity index (χ0) is 26.9. The molecule has 3 N–H and O–H groups in total. The number of thioether (sulfide) groups is 1. The van der Waals surface area contributed by atoms with Gasteiger partial charge in [0.15, 0.2) is 0 Å². The van der Waals surface area contributed by atoms with Crippen molar-refractivity contribution in [1.29, 1.82) is 0 Å². The van der Waals surface area contributed by atoms with Crippen LogP contribution in [0.3, 0.4) is 0 Å². The molecule has 3 aliphatic rings. The lowest BCUT2D eigenvalue weighted by atomic mass is 9.70. The lowest BCUT2D eigenvalue weighted by molar-refractivity contribution is -0.143. The van der Waals surface area contributed by atoms with Crippen LogP contribution in [-0.2, 0) is 20.9 Å². The van der Waals surface area contributed by atoms with Gasteiger partial charge in [-0.1, -0.05) is 74.0 Å². The average Bonchev–Trinajstić information content (AvgIpc) is 3.57. The number of nitrogens with zero attached hydrogens (tertiary/aromatic N) is 1. The third-order valence-electron chi connectivity index (χ3n) is 8.40. The summed E-state index contributed by atoms with van der Waals surface area (Å²) in [6.07, 6.45) is 3.26. The van der Waals surface area contributed by atoms with E-state index in [2.05, 4.69) is 17.6 Å². The maximum Gasteiger partial charge on any atom is 0.244 e. The number of carbonyl (C=O) groups excluding carboxylic acids is 3. The number of benzene rings is 2. The SMILES string of the molecule is CCCC(C)NC(=O)C1N([C@H](CO)c2ccccc2)C(=O)[C@@H]2[C@H](C(=O)NCc3ccccc3)[C@@H]3CCC12S3. The van der Waals surface area contributed by atoms with Gasteiger partial charge in [-0.2, -0.15) is 0 Å². The van der Waals surface area contributed by atoms with Crippen molar-refractivity contribution in [3.8, 4) is 0 Å². The maximum atomic E-state index is 14.3. The summed E-state index contributed by atoms with van der Waals surface area (Å²) in [5.41, 5.74) is 1.78. The molecular weight excluding hydrogens is 498 g/mol. The summed E-state index contributed by atoms with van der Waals surface area (Å²) in [6, 6.07) is 17.7. The van der Waals surface area contributed by atoms with Crippen LogP contribution in [0.25, 0.3) is 0 Å². The van der Waals surface area contributed by atoms with Crippen LogP contribution in [0.15, 0.2) is 60.7 Å². The molecule has 7 nitrogen and oxygen atoms in total. The molecule has 3 unspecified atom stereocenters. The summed E-state index contributed by atoms with van der Waals surface area (Å²) in [5, 5.41) is 16.7. The Morgan fingerprint density at radius 1 is 1.11 bits per heavy atom. The van der Waals surface area contributed by atoms with Crippen molar-refractivity contribution in [2.45, 2.75) is 74.2 Å². The number of fused-ring (bicyclic) bond motifs is 1. The molecule has 2 aromatic carbocycles. The van der Waals surface area contributed by atoms with Crippen LogP contribution >= 0.6 is 11.8 Å². The van der Waals surface area contributed by atoms with Gasteiger partial charge in [0.2, 0.25) is 17.7 Å². The fourth-order valence-electron chi connectivity index (χ4n) is 6.79. The average molecular weight is 536 g/mol. The third kappa shape index (κ3) is 4.62. The molecule has 0 aromatic heterocycles. The monoisotopic (exact) mass is 535 g/mol. The van der Waals surface area contributed by atoms with E-state index in [9.17, 15) is 19.5 Å². The molecule has 2 bridgehead atoms. The molecule has 1 spiro atoms. The number of aliphatic hydroxyl groups is 1. The van der Waals surface area contributed by atoms with Crippen LogP contribution < -0.4 is 10.6 Å². The lowest BCUT2D eigenvalue weighted by Crippen LogP contribution is -2.56. The molecular formula is C30H37N3O4S. The highest BCUT2D eigenvalue weighted by molar-refractivity contribution is 8.02. The Bertz CT molecular complexity index is 1160. The van der Waals surface area contributed by atoms with E-state index in [-0.39, 0.29) is 35.6 Å². The normalized spacial score (nSPS) is 29.1. The number of nitrogens with one attached hydrogen (secondary N) is 2. The summed E-state index contributed by atoms with van der Waals surface area (Å²) < 4.78 is -0.686. The molecule has 3 saturated heterocycles. The molecule has 3 fully saturated rings. The number of likely N-dealkylation sites (tertiary alicyclic amines) is 1. The second kappa shape index (κ2) is 11.1. The van der Waals surface area contributed by atoms with Crippen LogP contribution in [-0.4, -0.2) is 56.4 Å². The molecule has 0 saturated carbocycles. The van der Waals surface area contributed by atoms with Gasteiger partial charge in [0, 0.05) is 17.8 Å². The van der Waals surface area contributed by atoms with Crippen LogP contribution in [0.2, 0.25) is 0 Å². The van der Waals surface area contributed by atoms with Crippen molar-refractivity contribution in [2.24, 2.45) is 11.8 Å². The number of carbonyl (C=O) groups is 3. The summed E-state index contributed by atoms with van der Waals surface area (Å²) >= 11 is 1.65. The number of hydrogen-bond acceptors (Lipinski definition) is 5. The molecule has 0 radical (unpaired) electrons. The topological polar surface area (TPSA) is 98.7 Å². The second-order valence-corrected chi connectivity index (χ2v) is 12.4. The van der Waals surface area contributed by atoms with Gasteiger partial charge in [0.25, 0.3) is 0 Å². The van der Waals surface area contributed by atoms with Crippen LogP contribution in [0, 0.1) is 11.8 Å². The van der Waals surface area contributed by atoms with E-state index in [0.29, 0.717) is 13.0 Å². The summed E-state index contributed by atoms with van der Waals surface area (Å²) in [4.78, 5) is 43.5. The Balaban J connectivity index is 1.49. The van der Waals surface area contributed by atoms with E-state index in [1.54, 1.807) is 16.7 Å². The van der Waals surface area contributed by atoms with E-state index in [1.807, 2.05) is 67.6 Å². The summed E-state index contributed by atoms with van der Waals surface area (Å²) in [5.74, 6) is -1.63. The van der Waals surface area contributed by atoms with E-state index >= 15 is 0 Å². The smallest absolute Gasteiger partial charge is 0.244 e. The number of hydrogen-bond donors (Lipinski definition) is 3. The molecule has 5 rings (SSSR count). The molecule has 3 heterocycles. The van der Waals surface area contributed by atoms with Crippen molar-refractivity contribution in [2.75, 3.05) is 6.61 Å². The Morgan fingerprint density at radius 3 is 2.45 bits per heavy atom. The van der Waals surface area contributed by atoms with Gasteiger partial charge in [-0.15, -0.1) is 11.8 Å². The van der Waals surface area contributed by atoms with Crippen molar-refractivity contribution < 1.29 is 19.5 Å².